The number of benzene rings is 1. The van der Waals surface area contributed by atoms with Crippen LogP contribution in [0, 0.1) is 10.1 Å². The molecule has 186 valence electrons. The first-order chi connectivity index (χ1) is 16.8. The van der Waals surface area contributed by atoms with Crippen molar-refractivity contribution in [1.29, 1.82) is 0 Å². The van der Waals surface area contributed by atoms with E-state index in [-0.39, 0.29) is 34.9 Å². The number of nitrogens with one attached hydrogen (secondary N) is 3. The molecule has 13 nitrogen and oxygen atoms in total. The fraction of sp³-hybridized carbons (Fsp3) is 0.318. The van der Waals surface area contributed by atoms with Crippen molar-refractivity contribution in [2.75, 3.05) is 38.8 Å². The molecule has 3 N–H and O–H groups in total. The Labute approximate surface area is 199 Å². The van der Waals surface area contributed by atoms with Gasteiger partial charge in [0.25, 0.3) is 5.69 Å². The summed E-state index contributed by atoms with van der Waals surface area (Å²) in [5.41, 5.74) is -0.141. The minimum absolute atomic E-state index is 0.00770. The molecule has 0 bridgehead atoms. The van der Waals surface area contributed by atoms with Crippen LogP contribution in [0.25, 0.3) is 0 Å². The number of methoxy groups -OCH3 is 1. The molecule has 3 rings (SSSR count). The highest BCUT2D eigenvalue weighted by Gasteiger charge is 2.36. The summed E-state index contributed by atoms with van der Waals surface area (Å²) in [6, 6.07) is 5.23. The number of non-ortho nitro benzene ring substituents is 1. The molecule has 13 heteroatoms. The summed E-state index contributed by atoms with van der Waals surface area (Å²) in [4.78, 5) is 48.4. The SMILES string of the molecule is CCOC(=O)C1=C(COC(=O)c2cc([N+](=O)[O-])ccc2NCCOC)NC(=O)NC1c1ccco1. The number of nitrogens with zero attached hydrogens (tertiary/aromatic N) is 1. The van der Waals surface area contributed by atoms with E-state index in [1.54, 1.807) is 19.1 Å². The Morgan fingerprint density at radius 1 is 1.23 bits per heavy atom. The molecule has 0 spiro atoms. The highest BCUT2D eigenvalue weighted by atomic mass is 16.6. The van der Waals surface area contributed by atoms with Crippen LogP contribution in [0.2, 0.25) is 0 Å². The topological polar surface area (TPSA) is 171 Å². The Kier molecular flexibility index (Phi) is 8.40. The van der Waals surface area contributed by atoms with Gasteiger partial charge in [0.15, 0.2) is 0 Å². The normalized spacial score (nSPS) is 15.1. The molecular weight excluding hydrogens is 464 g/mol. The van der Waals surface area contributed by atoms with Gasteiger partial charge in [-0.25, -0.2) is 14.4 Å². The first-order valence-corrected chi connectivity index (χ1v) is 10.5. The Morgan fingerprint density at radius 3 is 2.69 bits per heavy atom. The Bertz CT molecular complexity index is 1130. The van der Waals surface area contributed by atoms with Crippen molar-refractivity contribution >= 4 is 29.3 Å². The smallest absolute Gasteiger partial charge is 0.340 e. The summed E-state index contributed by atoms with van der Waals surface area (Å²) in [6.45, 7) is 1.83. The van der Waals surface area contributed by atoms with Gasteiger partial charge in [-0.2, -0.15) is 0 Å². The zero-order valence-corrected chi connectivity index (χ0v) is 19.0. The average molecular weight is 488 g/mol. The van der Waals surface area contributed by atoms with Gasteiger partial charge in [-0.15, -0.1) is 0 Å². The zero-order chi connectivity index (χ0) is 25.4. The maximum Gasteiger partial charge on any atom is 0.340 e. The monoisotopic (exact) mass is 488 g/mol. The number of amides is 2. The number of hydrogen-bond donors (Lipinski definition) is 3. The van der Waals surface area contributed by atoms with Crippen molar-refractivity contribution in [3.05, 3.63) is 69.3 Å². The van der Waals surface area contributed by atoms with Crippen molar-refractivity contribution in [2.45, 2.75) is 13.0 Å². The molecule has 1 atom stereocenters. The third-order valence-corrected chi connectivity index (χ3v) is 4.88. The number of carbonyl (C=O) groups is 3. The minimum atomic E-state index is -0.976. The maximum atomic E-state index is 12.9. The van der Waals surface area contributed by atoms with E-state index in [1.165, 1.54) is 25.5 Å². The minimum Gasteiger partial charge on any atom is -0.467 e. The van der Waals surface area contributed by atoms with Crippen LogP contribution in [0.3, 0.4) is 0 Å². The molecule has 0 aliphatic carbocycles. The molecule has 2 heterocycles. The number of esters is 2. The van der Waals surface area contributed by atoms with Gasteiger partial charge < -0.3 is 34.6 Å². The van der Waals surface area contributed by atoms with Gasteiger partial charge in [0, 0.05) is 31.5 Å². The van der Waals surface area contributed by atoms with Crippen LogP contribution < -0.4 is 16.0 Å². The lowest BCUT2D eigenvalue weighted by Gasteiger charge is -2.27. The second kappa shape index (κ2) is 11.7. The standard InChI is InChI=1S/C22H24N4O9/c1-3-33-21(28)18-16(24-22(29)25-19(18)17-5-4-9-34-17)12-35-20(27)14-11-13(26(30)31)6-7-15(14)23-8-10-32-2/h4-7,9,11,19,23H,3,8,10,12H2,1-2H3,(H2,24,25,29). The second-order valence-corrected chi connectivity index (χ2v) is 7.14. The molecule has 0 saturated heterocycles. The molecule has 2 amide bonds. The number of nitro benzene ring substituents is 1. The van der Waals surface area contributed by atoms with Gasteiger partial charge in [0.1, 0.15) is 18.4 Å². The highest BCUT2D eigenvalue weighted by Crippen LogP contribution is 2.29. The van der Waals surface area contributed by atoms with Crippen molar-refractivity contribution in [1.82, 2.24) is 10.6 Å². The van der Waals surface area contributed by atoms with E-state index >= 15 is 0 Å². The number of hydrogen-bond acceptors (Lipinski definition) is 10. The van der Waals surface area contributed by atoms with E-state index in [2.05, 4.69) is 16.0 Å². The van der Waals surface area contributed by atoms with E-state index in [0.29, 0.717) is 18.8 Å². The molecule has 1 unspecified atom stereocenters. The largest absolute Gasteiger partial charge is 0.467 e. The number of rotatable bonds is 11. The predicted octanol–water partition coefficient (Wildman–Crippen LogP) is 2.27. The van der Waals surface area contributed by atoms with Crippen LogP contribution >= 0.6 is 0 Å². The number of anilines is 1. The van der Waals surface area contributed by atoms with Crippen molar-refractivity contribution in [2.24, 2.45) is 0 Å². The Morgan fingerprint density at radius 2 is 2.03 bits per heavy atom. The maximum absolute atomic E-state index is 12.9. The lowest BCUT2D eigenvalue weighted by molar-refractivity contribution is -0.384. The number of carbonyl (C=O) groups excluding carboxylic acids is 3. The van der Waals surface area contributed by atoms with Crippen molar-refractivity contribution in [3.8, 4) is 0 Å². The fourth-order valence-corrected chi connectivity index (χ4v) is 3.32. The lowest BCUT2D eigenvalue weighted by Crippen LogP contribution is -2.47. The number of nitro groups is 1. The lowest BCUT2D eigenvalue weighted by atomic mass is 10.0. The third kappa shape index (κ3) is 6.14. The summed E-state index contributed by atoms with van der Waals surface area (Å²) in [7, 11) is 1.50. The quantitative estimate of drug-likeness (QED) is 0.184. The van der Waals surface area contributed by atoms with Crippen LogP contribution in [0.5, 0.6) is 0 Å². The van der Waals surface area contributed by atoms with Gasteiger partial charge in [0.05, 0.1) is 41.2 Å². The first kappa shape index (κ1) is 25.2. The molecule has 1 aromatic heterocycles. The van der Waals surface area contributed by atoms with Crippen LogP contribution in [-0.4, -0.2) is 56.4 Å². The van der Waals surface area contributed by atoms with E-state index in [1.807, 2.05) is 0 Å². The third-order valence-electron chi connectivity index (χ3n) is 4.88. The van der Waals surface area contributed by atoms with Crippen LogP contribution in [0.15, 0.2) is 52.3 Å². The van der Waals surface area contributed by atoms with Gasteiger partial charge >= 0.3 is 18.0 Å². The van der Waals surface area contributed by atoms with Gasteiger partial charge in [-0.3, -0.25) is 10.1 Å². The Balaban J connectivity index is 1.90. The van der Waals surface area contributed by atoms with E-state index in [0.717, 1.165) is 6.07 Å². The van der Waals surface area contributed by atoms with Gasteiger partial charge in [-0.05, 0) is 25.1 Å². The summed E-state index contributed by atoms with van der Waals surface area (Å²) < 4.78 is 20.8. The predicted molar refractivity (Wildman–Crippen MR) is 121 cm³/mol. The van der Waals surface area contributed by atoms with Crippen LogP contribution in [0.4, 0.5) is 16.2 Å². The number of ether oxygens (including phenoxy) is 3. The summed E-state index contributed by atoms with van der Waals surface area (Å²) in [5, 5.41) is 19.2. The molecule has 1 aliphatic rings. The zero-order valence-electron chi connectivity index (χ0n) is 19.0. The average Bonchev–Trinajstić information content (AvgIpc) is 3.37. The first-order valence-electron chi connectivity index (χ1n) is 10.5. The van der Waals surface area contributed by atoms with E-state index in [9.17, 15) is 24.5 Å². The van der Waals surface area contributed by atoms with Gasteiger partial charge in [0.2, 0.25) is 0 Å². The molecule has 1 aliphatic heterocycles. The molecule has 35 heavy (non-hydrogen) atoms. The van der Waals surface area contributed by atoms with Crippen LogP contribution in [-0.2, 0) is 19.0 Å². The second-order valence-electron chi connectivity index (χ2n) is 7.14. The Hall–Kier alpha value is -4.39. The summed E-state index contributed by atoms with van der Waals surface area (Å²) >= 11 is 0. The molecule has 1 aromatic carbocycles. The molecule has 2 aromatic rings. The van der Waals surface area contributed by atoms with Crippen molar-refractivity contribution in [3.63, 3.8) is 0 Å². The number of urea groups is 1. The molecule has 0 radical (unpaired) electrons. The molecular formula is C22H24N4O9. The van der Waals surface area contributed by atoms with E-state index in [4.69, 9.17) is 18.6 Å². The summed E-state index contributed by atoms with van der Waals surface area (Å²) in [5.74, 6) is -1.38. The molecule has 0 saturated carbocycles. The fourth-order valence-electron chi connectivity index (χ4n) is 3.32. The highest BCUT2D eigenvalue weighted by molar-refractivity contribution is 5.97. The van der Waals surface area contributed by atoms with Crippen LogP contribution in [0.1, 0.15) is 29.1 Å². The number of furan rings is 1. The van der Waals surface area contributed by atoms with Crippen molar-refractivity contribution < 1.29 is 37.9 Å². The summed E-state index contributed by atoms with van der Waals surface area (Å²) in [6.07, 6.45) is 1.38. The van der Waals surface area contributed by atoms with E-state index < -0.39 is 35.5 Å². The van der Waals surface area contributed by atoms with Gasteiger partial charge in [-0.1, -0.05) is 0 Å². The molecule has 0 fully saturated rings.